The van der Waals surface area contributed by atoms with Crippen molar-refractivity contribution in [3.05, 3.63) is 59.2 Å². The Labute approximate surface area is 199 Å². The van der Waals surface area contributed by atoms with Crippen molar-refractivity contribution in [3.63, 3.8) is 0 Å². The van der Waals surface area contributed by atoms with Gasteiger partial charge in [0.05, 0.1) is 25.1 Å². The molecular formula is C27H30N4O3. The van der Waals surface area contributed by atoms with E-state index in [1.165, 1.54) is 25.3 Å². The highest BCUT2D eigenvalue weighted by Crippen LogP contribution is 2.45. The average molecular weight is 459 g/mol. The number of carbonyl (C=O) groups is 1. The summed E-state index contributed by atoms with van der Waals surface area (Å²) in [5.74, 6) is 2.31. The molecule has 2 aliphatic heterocycles. The summed E-state index contributed by atoms with van der Waals surface area (Å²) >= 11 is 0. The number of ketones is 1. The van der Waals surface area contributed by atoms with Crippen LogP contribution in [0.2, 0.25) is 0 Å². The van der Waals surface area contributed by atoms with Crippen molar-refractivity contribution in [1.82, 2.24) is 15.1 Å². The lowest BCUT2D eigenvalue weighted by Crippen LogP contribution is -2.46. The Morgan fingerprint density at radius 1 is 1.09 bits per heavy atom. The summed E-state index contributed by atoms with van der Waals surface area (Å²) in [6.45, 7) is 4.17. The van der Waals surface area contributed by atoms with Gasteiger partial charge in [-0.25, -0.2) is 9.97 Å². The zero-order chi connectivity index (χ0) is 23.2. The van der Waals surface area contributed by atoms with E-state index in [0.717, 1.165) is 54.1 Å². The van der Waals surface area contributed by atoms with Crippen molar-refractivity contribution < 1.29 is 14.1 Å². The van der Waals surface area contributed by atoms with Gasteiger partial charge in [-0.05, 0) is 51.0 Å². The Hall–Kier alpha value is -3.06. The number of benzene rings is 1. The van der Waals surface area contributed by atoms with Crippen molar-refractivity contribution >= 4 is 11.6 Å². The monoisotopic (exact) mass is 458 g/mol. The number of anilines is 1. The minimum Gasteiger partial charge on any atom is -0.373 e. The van der Waals surface area contributed by atoms with Crippen LogP contribution < -0.4 is 4.90 Å². The molecule has 1 aliphatic carbocycles. The standard InChI is InChI=1S/C27H30N4O3/c1-16-5-3-4-6-22(16)26-23(27(34-30-26)18-7-8-18)15-33-21-11-19-9-10-20(12-21)31(19)25-14-28-24(13-29-25)17(2)32/h3-6,13-14,18-21H,7-12,15H2,1-2H3/t19-,20?,21?/m0/s1. The fraction of sp³-hybridized carbons (Fsp3) is 0.481. The summed E-state index contributed by atoms with van der Waals surface area (Å²) in [7, 11) is 0. The van der Waals surface area contributed by atoms with Gasteiger partial charge in [0.25, 0.3) is 0 Å². The number of fused-ring (bicyclic) bond motifs is 2. The zero-order valence-corrected chi connectivity index (χ0v) is 19.7. The van der Waals surface area contributed by atoms with Crippen LogP contribution in [-0.4, -0.2) is 39.1 Å². The number of nitrogens with zero attached hydrogens (tertiary/aromatic N) is 4. The number of piperidine rings is 1. The maximum atomic E-state index is 11.5. The fourth-order valence-electron chi connectivity index (χ4n) is 5.65. The molecule has 7 heteroatoms. The summed E-state index contributed by atoms with van der Waals surface area (Å²) < 4.78 is 12.4. The quantitative estimate of drug-likeness (QED) is 0.448. The Morgan fingerprint density at radius 3 is 2.50 bits per heavy atom. The molecule has 3 aromatic rings. The summed E-state index contributed by atoms with van der Waals surface area (Å²) in [6, 6.07) is 9.12. The number of hydrogen-bond donors (Lipinski definition) is 0. The molecule has 176 valence electrons. The van der Waals surface area contributed by atoms with Crippen LogP contribution in [0.4, 0.5) is 5.82 Å². The van der Waals surface area contributed by atoms with Crippen molar-refractivity contribution in [2.75, 3.05) is 4.90 Å². The van der Waals surface area contributed by atoms with Crippen molar-refractivity contribution in [2.24, 2.45) is 0 Å². The molecule has 2 unspecified atom stereocenters. The van der Waals surface area contributed by atoms with E-state index >= 15 is 0 Å². The van der Waals surface area contributed by atoms with Gasteiger partial charge in [0.2, 0.25) is 0 Å². The third kappa shape index (κ3) is 3.92. The second kappa shape index (κ2) is 8.62. The zero-order valence-electron chi connectivity index (χ0n) is 19.7. The lowest BCUT2D eigenvalue weighted by atomic mass is 9.98. The summed E-state index contributed by atoms with van der Waals surface area (Å²) in [6.07, 6.45) is 10.1. The smallest absolute Gasteiger partial charge is 0.179 e. The number of hydrogen-bond acceptors (Lipinski definition) is 7. The van der Waals surface area contributed by atoms with E-state index < -0.39 is 0 Å². The second-order valence-corrected chi connectivity index (χ2v) is 9.98. The summed E-state index contributed by atoms with van der Waals surface area (Å²) in [5.41, 5.74) is 4.79. The lowest BCUT2D eigenvalue weighted by molar-refractivity contribution is 0.0146. The largest absolute Gasteiger partial charge is 0.373 e. The molecule has 3 fully saturated rings. The minimum atomic E-state index is -0.0569. The maximum Gasteiger partial charge on any atom is 0.179 e. The van der Waals surface area contributed by atoms with Crippen LogP contribution in [0.3, 0.4) is 0 Å². The number of aryl methyl sites for hydroxylation is 1. The van der Waals surface area contributed by atoms with E-state index in [2.05, 4.69) is 51.2 Å². The summed E-state index contributed by atoms with van der Waals surface area (Å²) in [4.78, 5) is 22.8. The molecule has 2 aromatic heterocycles. The predicted molar refractivity (Wildman–Crippen MR) is 128 cm³/mol. The first-order valence-corrected chi connectivity index (χ1v) is 12.4. The number of ether oxygens (including phenoxy) is 1. The molecule has 4 heterocycles. The van der Waals surface area contributed by atoms with Crippen molar-refractivity contribution in [3.8, 4) is 11.3 Å². The van der Waals surface area contributed by atoms with E-state index in [9.17, 15) is 4.79 Å². The maximum absolute atomic E-state index is 11.5. The van der Waals surface area contributed by atoms with Crippen LogP contribution in [0.5, 0.6) is 0 Å². The van der Waals surface area contributed by atoms with Crippen LogP contribution in [-0.2, 0) is 11.3 Å². The molecule has 34 heavy (non-hydrogen) atoms. The Bertz CT molecular complexity index is 1190. The Morgan fingerprint density at radius 2 is 1.85 bits per heavy atom. The molecule has 0 N–H and O–H groups in total. The van der Waals surface area contributed by atoms with E-state index in [0.29, 0.717) is 30.3 Å². The highest BCUT2D eigenvalue weighted by atomic mass is 16.5. The number of Topliss-reactive ketones (excluding diaryl/α,β-unsaturated/α-hetero) is 1. The highest BCUT2D eigenvalue weighted by molar-refractivity contribution is 5.91. The van der Waals surface area contributed by atoms with Gasteiger partial charge in [-0.3, -0.25) is 4.79 Å². The van der Waals surface area contributed by atoms with Gasteiger partial charge in [0.15, 0.2) is 5.78 Å². The van der Waals surface area contributed by atoms with Gasteiger partial charge in [-0.15, -0.1) is 0 Å². The summed E-state index contributed by atoms with van der Waals surface area (Å²) in [5, 5.41) is 4.48. The van der Waals surface area contributed by atoms with E-state index in [1.54, 1.807) is 12.4 Å². The molecule has 3 atom stereocenters. The lowest BCUT2D eigenvalue weighted by Gasteiger charge is -2.39. The van der Waals surface area contributed by atoms with Gasteiger partial charge in [0, 0.05) is 36.1 Å². The molecule has 0 spiro atoms. The molecular weight excluding hydrogens is 428 g/mol. The minimum absolute atomic E-state index is 0.0569. The highest BCUT2D eigenvalue weighted by Gasteiger charge is 2.42. The molecule has 3 aliphatic rings. The van der Waals surface area contributed by atoms with Crippen LogP contribution in [0, 0.1) is 6.92 Å². The van der Waals surface area contributed by atoms with Crippen molar-refractivity contribution in [1.29, 1.82) is 0 Å². The molecule has 1 aromatic carbocycles. The Kier molecular flexibility index (Phi) is 5.44. The van der Waals surface area contributed by atoms with Gasteiger partial charge in [-0.2, -0.15) is 0 Å². The fourth-order valence-corrected chi connectivity index (χ4v) is 5.65. The van der Waals surface area contributed by atoms with Crippen molar-refractivity contribution in [2.45, 2.75) is 83.1 Å². The topological polar surface area (TPSA) is 81.4 Å². The number of aromatic nitrogens is 3. The molecule has 7 nitrogen and oxygen atoms in total. The van der Waals surface area contributed by atoms with Crippen LogP contribution in [0.1, 0.15) is 78.7 Å². The predicted octanol–water partition coefficient (Wildman–Crippen LogP) is 5.24. The molecule has 2 bridgehead atoms. The van der Waals surface area contributed by atoms with Crippen LogP contribution >= 0.6 is 0 Å². The van der Waals surface area contributed by atoms with Crippen LogP contribution in [0.15, 0.2) is 41.2 Å². The molecule has 0 amide bonds. The average Bonchev–Trinajstić information content (AvgIpc) is 3.55. The number of carbonyl (C=O) groups excluding carboxylic acids is 1. The van der Waals surface area contributed by atoms with Gasteiger partial charge in [0.1, 0.15) is 23.0 Å². The van der Waals surface area contributed by atoms with E-state index in [4.69, 9.17) is 9.26 Å². The van der Waals surface area contributed by atoms with E-state index in [1.807, 2.05) is 0 Å². The van der Waals surface area contributed by atoms with Crippen LogP contribution in [0.25, 0.3) is 11.3 Å². The number of rotatable bonds is 7. The Balaban J connectivity index is 1.18. The third-order valence-electron chi connectivity index (χ3n) is 7.58. The molecule has 1 saturated carbocycles. The molecule has 6 rings (SSSR count). The van der Waals surface area contributed by atoms with Gasteiger partial charge < -0.3 is 14.2 Å². The van der Waals surface area contributed by atoms with Gasteiger partial charge in [-0.1, -0.05) is 29.4 Å². The first kappa shape index (κ1) is 21.5. The third-order valence-corrected chi connectivity index (χ3v) is 7.58. The SMILES string of the molecule is CC(=O)c1cnc(N2C3CC[C@H]2CC(OCc2c(-c4ccccc4C)noc2C2CC2)C3)cn1. The first-order chi connectivity index (χ1) is 16.6. The first-order valence-electron chi connectivity index (χ1n) is 12.4. The normalized spacial score (nSPS) is 23.9. The molecule has 2 saturated heterocycles. The second-order valence-electron chi connectivity index (χ2n) is 9.98. The molecule has 0 radical (unpaired) electrons. The van der Waals surface area contributed by atoms with Gasteiger partial charge >= 0.3 is 0 Å². The van der Waals surface area contributed by atoms with E-state index in [-0.39, 0.29) is 11.9 Å².